The number of carbonyl (C=O) groups is 2. The molecule has 0 saturated heterocycles. The van der Waals surface area contributed by atoms with E-state index in [1.807, 2.05) is 31.4 Å². The van der Waals surface area contributed by atoms with Crippen LogP contribution < -0.4 is 0 Å². The van der Waals surface area contributed by atoms with E-state index >= 15 is 0 Å². The van der Waals surface area contributed by atoms with E-state index in [0.717, 1.165) is 21.0 Å². The highest BCUT2D eigenvalue weighted by atomic mass is 32.1. The summed E-state index contributed by atoms with van der Waals surface area (Å²) in [5.41, 5.74) is 0.891. The zero-order valence-electron chi connectivity index (χ0n) is 10.8. The molecule has 0 aliphatic carbocycles. The first-order valence-electron chi connectivity index (χ1n) is 6.15. The second-order valence-corrected chi connectivity index (χ2v) is 5.72. The molecule has 2 aromatic heterocycles. The number of aromatic nitrogens is 2. The van der Waals surface area contributed by atoms with Crippen LogP contribution in [0, 0.1) is 0 Å². The minimum absolute atomic E-state index is 0.0400. The van der Waals surface area contributed by atoms with Crippen molar-refractivity contribution < 1.29 is 14.7 Å². The van der Waals surface area contributed by atoms with Crippen molar-refractivity contribution in [2.24, 2.45) is 7.05 Å². The number of thiophene rings is 1. The number of carbonyl (C=O) groups excluding carboxylic acids is 1. The zero-order valence-corrected chi connectivity index (χ0v) is 11.6. The lowest BCUT2D eigenvalue weighted by atomic mass is 10.1. The van der Waals surface area contributed by atoms with Gasteiger partial charge in [-0.15, -0.1) is 11.3 Å². The van der Waals surface area contributed by atoms with E-state index in [-0.39, 0.29) is 18.6 Å². The third kappa shape index (κ3) is 2.18. The van der Waals surface area contributed by atoms with Gasteiger partial charge in [-0.05, 0) is 18.2 Å². The largest absolute Gasteiger partial charge is 0.481 e. The molecule has 0 atom stereocenters. The fraction of sp³-hybridized carbons (Fsp3) is 0.214. The third-order valence-corrected chi connectivity index (χ3v) is 4.28. The number of rotatable bonds is 4. The minimum Gasteiger partial charge on any atom is -0.481 e. The van der Waals surface area contributed by atoms with Gasteiger partial charge in [0.1, 0.15) is 0 Å². The smallest absolute Gasteiger partial charge is 0.303 e. The van der Waals surface area contributed by atoms with Crippen LogP contribution >= 0.6 is 11.3 Å². The van der Waals surface area contributed by atoms with Crippen molar-refractivity contribution in [3.63, 3.8) is 0 Å². The number of aryl methyl sites for hydroxylation is 1. The Bertz CT molecular complexity index is 832. The molecule has 0 aliphatic heterocycles. The summed E-state index contributed by atoms with van der Waals surface area (Å²) in [4.78, 5) is 23.1. The molecule has 3 rings (SSSR count). The second kappa shape index (κ2) is 4.72. The van der Waals surface area contributed by atoms with Crippen LogP contribution in [-0.2, 0) is 11.8 Å². The van der Waals surface area contributed by atoms with Crippen molar-refractivity contribution in [3.8, 4) is 0 Å². The Kier molecular flexibility index (Phi) is 3.02. The van der Waals surface area contributed by atoms with E-state index in [2.05, 4.69) is 5.10 Å². The van der Waals surface area contributed by atoms with Gasteiger partial charge in [0.05, 0.1) is 16.8 Å². The van der Waals surface area contributed by atoms with Crippen LogP contribution in [0.15, 0.2) is 24.4 Å². The maximum Gasteiger partial charge on any atom is 0.303 e. The van der Waals surface area contributed by atoms with E-state index < -0.39 is 5.97 Å². The topological polar surface area (TPSA) is 72.2 Å². The van der Waals surface area contributed by atoms with Gasteiger partial charge >= 0.3 is 5.97 Å². The predicted octanol–water partition coefficient (Wildman–Crippen LogP) is 2.84. The van der Waals surface area contributed by atoms with Crippen molar-refractivity contribution in [1.82, 2.24) is 9.78 Å². The summed E-state index contributed by atoms with van der Waals surface area (Å²) in [6.45, 7) is 0. The Morgan fingerprint density at radius 3 is 2.85 bits per heavy atom. The molecule has 3 aromatic rings. The van der Waals surface area contributed by atoms with Gasteiger partial charge in [-0.3, -0.25) is 14.3 Å². The highest BCUT2D eigenvalue weighted by molar-refractivity contribution is 7.21. The first-order chi connectivity index (χ1) is 9.54. The summed E-state index contributed by atoms with van der Waals surface area (Å²) >= 11 is 1.40. The summed E-state index contributed by atoms with van der Waals surface area (Å²) in [7, 11) is 1.86. The van der Waals surface area contributed by atoms with Crippen molar-refractivity contribution >= 4 is 44.1 Å². The van der Waals surface area contributed by atoms with Gasteiger partial charge < -0.3 is 5.11 Å². The van der Waals surface area contributed by atoms with Crippen molar-refractivity contribution in [2.45, 2.75) is 12.8 Å². The maximum atomic E-state index is 12.0. The second-order valence-electron chi connectivity index (χ2n) is 4.64. The molecule has 1 N–H and O–H groups in total. The maximum absolute atomic E-state index is 12.0. The van der Waals surface area contributed by atoms with Gasteiger partial charge in [0.25, 0.3) is 0 Å². The molecular formula is C14H12N2O3S. The zero-order chi connectivity index (χ0) is 14.3. The number of carboxylic acid groups (broad SMARTS) is 1. The van der Waals surface area contributed by atoms with Crippen molar-refractivity contribution in [2.75, 3.05) is 0 Å². The van der Waals surface area contributed by atoms with E-state index in [0.29, 0.717) is 4.88 Å². The minimum atomic E-state index is -0.950. The number of Topliss-reactive ketones (excluding diaryl/α,β-unsaturated/α-hetero) is 1. The van der Waals surface area contributed by atoms with Gasteiger partial charge in [0, 0.05) is 35.1 Å². The van der Waals surface area contributed by atoms with Gasteiger partial charge in [-0.25, -0.2) is 0 Å². The highest BCUT2D eigenvalue weighted by Crippen LogP contribution is 2.32. The molecule has 0 spiro atoms. The van der Waals surface area contributed by atoms with Gasteiger partial charge in [0.2, 0.25) is 0 Å². The molecule has 0 fully saturated rings. The van der Waals surface area contributed by atoms with Crippen molar-refractivity contribution in [3.05, 3.63) is 29.3 Å². The quantitative estimate of drug-likeness (QED) is 0.749. The summed E-state index contributed by atoms with van der Waals surface area (Å²) in [5.74, 6) is -1.07. The standard InChI is InChI=1S/C14H12N2O3S/c1-16-7-9-8-6-13(11(17)3-5-14(18)19)20-12(8)4-2-10(9)15-16/h2,4,6-7H,3,5H2,1H3,(H,18,19). The van der Waals surface area contributed by atoms with Crippen LogP contribution in [0.3, 0.4) is 0 Å². The molecule has 0 aliphatic rings. The molecule has 0 bridgehead atoms. The predicted molar refractivity (Wildman–Crippen MR) is 77.3 cm³/mol. The van der Waals surface area contributed by atoms with Crippen LogP contribution in [-0.4, -0.2) is 26.6 Å². The molecule has 1 aromatic carbocycles. The number of hydrogen-bond donors (Lipinski definition) is 1. The van der Waals surface area contributed by atoms with Gasteiger partial charge in [0.15, 0.2) is 5.78 Å². The number of ketones is 1. The van der Waals surface area contributed by atoms with E-state index in [1.165, 1.54) is 11.3 Å². The number of aliphatic carboxylic acids is 1. The Balaban J connectivity index is 2.03. The first-order valence-corrected chi connectivity index (χ1v) is 6.97. The van der Waals surface area contributed by atoms with Crippen LogP contribution in [0.4, 0.5) is 0 Å². The molecule has 0 radical (unpaired) electrons. The average Bonchev–Trinajstić information content (AvgIpc) is 2.97. The summed E-state index contributed by atoms with van der Waals surface area (Å²) < 4.78 is 2.76. The third-order valence-electron chi connectivity index (χ3n) is 3.14. The molecule has 0 unspecified atom stereocenters. The molecule has 6 heteroatoms. The number of fused-ring (bicyclic) bond motifs is 3. The highest BCUT2D eigenvalue weighted by Gasteiger charge is 2.14. The molecule has 20 heavy (non-hydrogen) atoms. The normalized spacial score (nSPS) is 11.2. The summed E-state index contributed by atoms with van der Waals surface area (Å²) in [6.07, 6.45) is 1.84. The number of benzene rings is 1. The average molecular weight is 288 g/mol. The molecular weight excluding hydrogens is 276 g/mol. The Morgan fingerprint density at radius 2 is 2.10 bits per heavy atom. The summed E-state index contributed by atoms with van der Waals surface area (Å²) in [6, 6.07) is 5.72. The molecule has 0 amide bonds. The Labute approximate surface area is 118 Å². The number of hydrogen-bond acceptors (Lipinski definition) is 4. The Morgan fingerprint density at radius 1 is 1.30 bits per heavy atom. The van der Waals surface area contributed by atoms with Crippen LogP contribution in [0.25, 0.3) is 21.0 Å². The molecule has 0 saturated carbocycles. The van der Waals surface area contributed by atoms with Gasteiger partial charge in [-0.2, -0.15) is 5.10 Å². The van der Waals surface area contributed by atoms with Crippen molar-refractivity contribution in [1.29, 1.82) is 0 Å². The number of carboxylic acids is 1. The lowest BCUT2D eigenvalue weighted by Gasteiger charge is -1.93. The molecule has 5 nitrogen and oxygen atoms in total. The van der Waals surface area contributed by atoms with Crippen LogP contribution in [0.5, 0.6) is 0 Å². The monoisotopic (exact) mass is 288 g/mol. The first kappa shape index (κ1) is 12.8. The fourth-order valence-electron chi connectivity index (χ4n) is 2.21. The SMILES string of the molecule is Cn1cc2c(ccc3sc(C(=O)CCC(=O)O)cc32)n1. The van der Waals surface area contributed by atoms with Crippen LogP contribution in [0.1, 0.15) is 22.5 Å². The van der Waals surface area contributed by atoms with E-state index in [9.17, 15) is 9.59 Å². The fourth-order valence-corrected chi connectivity index (χ4v) is 3.26. The molecule has 2 heterocycles. The Hall–Kier alpha value is -2.21. The summed E-state index contributed by atoms with van der Waals surface area (Å²) in [5, 5.41) is 15.0. The lowest BCUT2D eigenvalue weighted by molar-refractivity contribution is -0.136. The lowest BCUT2D eigenvalue weighted by Crippen LogP contribution is -2.01. The van der Waals surface area contributed by atoms with Gasteiger partial charge in [-0.1, -0.05) is 0 Å². The van der Waals surface area contributed by atoms with Crippen LogP contribution in [0.2, 0.25) is 0 Å². The van der Waals surface area contributed by atoms with E-state index in [4.69, 9.17) is 5.11 Å². The number of nitrogens with zero attached hydrogens (tertiary/aromatic N) is 2. The van der Waals surface area contributed by atoms with E-state index in [1.54, 1.807) is 4.68 Å². The molecule has 102 valence electrons.